The van der Waals surface area contributed by atoms with E-state index in [1.54, 1.807) is 12.4 Å². The van der Waals surface area contributed by atoms with Gasteiger partial charge in [-0.05, 0) is 20.8 Å². The highest BCUT2D eigenvalue weighted by atomic mass is 35.5. The van der Waals surface area contributed by atoms with Gasteiger partial charge in [0.15, 0.2) is 0 Å². The van der Waals surface area contributed by atoms with E-state index in [4.69, 9.17) is 0 Å². The molecule has 0 bridgehead atoms. The van der Waals surface area contributed by atoms with Gasteiger partial charge in [-0.2, -0.15) is 5.10 Å². The number of carbonyl (C=O) groups excluding carboxylic acids is 1. The summed E-state index contributed by atoms with van der Waals surface area (Å²) in [5.41, 5.74) is 0.488. The van der Waals surface area contributed by atoms with Crippen LogP contribution in [-0.4, -0.2) is 49.8 Å². The summed E-state index contributed by atoms with van der Waals surface area (Å²) in [5.74, 6) is 0.906. The quantitative estimate of drug-likeness (QED) is 0.891. The van der Waals surface area contributed by atoms with Crippen LogP contribution in [0.5, 0.6) is 0 Å². The lowest BCUT2D eigenvalue weighted by Crippen LogP contribution is -2.49. The number of imidazole rings is 1. The molecule has 3 heterocycles. The molecule has 7 nitrogen and oxygen atoms in total. The molecule has 1 fully saturated rings. The Hall–Kier alpha value is -1.86. The Kier molecular flexibility index (Phi) is 5.35. The topological polar surface area (TPSA) is 68.0 Å². The van der Waals surface area contributed by atoms with Crippen molar-refractivity contribution in [3.63, 3.8) is 0 Å². The standard InChI is InChI=1S/C16H24N6O.ClH/c1-16(2,3)22-11-12(9-19-22)15(23)21-8-5-17-10-13(21)14-18-6-7-20(14)4;/h6-7,9,11,13,17H,5,8,10H2,1-4H3;1H. The van der Waals surface area contributed by atoms with Crippen molar-refractivity contribution in [2.45, 2.75) is 32.4 Å². The first-order chi connectivity index (χ1) is 10.9. The van der Waals surface area contributed by atoms with Crippen molar-refractivity contribution in [2.75, 3.05) is 19.6 Å². The molecule has 0 aromatic carbocycles. The SMILES string of the molecule is Cl.Cn1ccnc1C1CNCCN1C(=O)c1cnn(C(C)(C)C)c1. The normalized spacial score (nSPS) is 18.3. The van der Waals surface area contributed by atoms with Crippen molar-refractivity contribution in [1.29, 1.82) is 0 Å². The molecule has 0 aliphatic carbocycles. The summed E-state index contributed by atoms with van der Waals surface area (Å²) in [6.45, 7) is 8.36. The van der Waals surface area contributed by atoms with Crippen LogP contribution in [0, 0.1) is 0 Å². The Morgan fingerprint density at radius 2 is 2.12 bits per heavy atom. The number of carbonyl (C=O) groups is 1. The third-order valence-corrected chi connectivity index (χ3v) is 4.18. The van der Waals surface area contributed by atoms with Crippen LogP contribution in [0.4, 0.5) is 0 Å². The number of rotatable bonds is 2. The smallest absolute Gasteiger partial charge is 0.257 e. The maximum absolute atomic E-state index is 13.0. The summed E-state index contributed by atoms with van der Waals surface area (Å²) in [5, 5.41) is 7.69. The van der Waals surface area contributed by atoms with Crippen molar-refractivity contribution >= 4 is 18.3 Å². The highest BCUT2D eigenvalue weighted by Crippen LogP contribution is 2.23. The van der Waals surface area contributed by atoms with Gasteiger partial charge in [-0.3, -0.25) is 9.48 Å². The maximum atomic E-state index is 13.0. The summed E-state index contributed by atoms with van der Waals surface area (Å²) < 4.78 is 3.80. The molecule has 1 atom stereocenters. The molecule has 0 spiro atoms. The van der Waals surface area contributed by atoms with E-state index < -0.39 is 0 Å². The maximum Gasteiger partial charge on any atom is 0.257 e. The molecular weight excluding hydrogens is 328 g/mol. The van der Waals surface area contributed by atoms with Gasteiger partial charge in [0, 0.05) is 45.3 Å². The lowest BCUT2D eigenvalue weighted by molar-refractivity contribution is 0.0620. The predicted molar refractivity (Wildman–Crippen MR) is 94.3 cm³/mol. The highest BCUT2D eigenvalue weighted by Gasteiger charge is 2.32. The van der Waals surface area contributed by atoms with E-state index in [2.05, 4.69) is 36.2 Å². The fraction of sp³-hybridized carbons (Fsp3) is 0.562. The number of nitrogens with zero attached hydrogens (tertiary/aromatic N) is 5. The fourth-order valence-electron chi connectivity index (χ4n) is 2.84. The minimum absolute atomic E-state index is 0. The zero-order valence-corrected chi connectivity index (χ0v) is 15.4. The molecule has 24 heavy (non-hydrogen) atoms. The lowest BCUT2D eigenvalue weighted by atomic mass is 10.1. The summed E-state index contributed by atoms with van der Waals surface area (Å²) in [6, 6.07) is -0.0609. The van der Waals surface area contributed by atoms with Crippen LogP contribution in [0.15, 0.2) is 24.8 Å². The second kappa shape index (κ2) is 6.94. The Bertz CT molecular complexity index is 701. The summed E-state index contributed by atoms with van der Waals surface area (Å²) in [7, 11) is 1.96. The first kappa shape index (κ1) is 18.5. The molecule has 2 aromatic heterocycles. The number of aromatic nitrogens is 4. The average Bonchev–Trinajstić information content (AvgIpc) is 3.15. The third kappa shape index (κ3) is 3.47. The number of aryl methyl sites for hydroxylation is 1. The van der Waals surface area contributed by atoms with E-state index in [9.17, 15) is 4.79 Å². The van der Waals surface area contributed by atoms with Crippen LogP contribution < -0.4 is 5.32 Å². The van der Waals surface area contributed by atoms with Crippen molar-refractivity contribution < 1.29 is 4.79 Å². The monoisotopic (exact) mass is 352 g/mol. The van der Waals surface area contributed by atoms with E-state index >= 15 is 0 Å². The Labute approximate surface area is 148 Å². The number of hydrogen-bond donors (Lipinski definition) is 1. The van der Waals surface area contributed by atoms with Gasteiger partial charge >= 0.3 is 0 Å². The van der Waals surface area contributed by atoms with Crippen LogP contribution in [0.3, 0.4) is 0 Å². The summed E-state index contributed by atoms with van der Waals surface area (Å²) in [4.78, 5) is 19.3. The molecule has 3 rings (SSSR count). The van der Waals surface area contributed by atoms with Crippen molar-refractivity contribution in [1.82, 2.24) is 29.5 Å². The first-order valence-corrected chi connectivity index (χ1v) is 7.92. The van der Waals surface area contributed by atoms with Gasteiger partial charge in [0.25, 0.3) is 5.91 Å². The molecule has 0 saturated carbocycles. The second-order valence-corrected chi connectivity index (χ2v) is 6.96. The summed E-state index contributed by atoms with van der Waals surface area (Å²) in [6.07, 6.45) is 7.17. The lowest BCUT2D eigenvalue weighted by Gasteiger charge is -2.35. The van der Waals surface area contributed by atoms with Crippen LogP contribution in [0.25, 0.3) is 0 Å². The number of hydrogen-bond acceptors (Lipinski definition) is 4. The molecule has 1 aliphatic heterocycles. The van der Waals surface area contributed by atoms with Crippen molar-refractivity contribution in [2.24, 2.45) is 7.05 Å². The number of nitrogens with one attached hydrogen (secondary N) is 1. The van der Waals surface area contributed by atoms with E-state index in [1.165, 1.54) is 0 Å². The molecule has 8 heteroatoms. The van der Waals surface area contributed by atoms with Crippen LogP contribution in [0.1, 0.15) is 43.0 Å². The first-order valence-electron chi connectivity index (χ1n) is 7.92. The molecule has 1 aliphatic rings. The van der Waals surface area contributed by atoms with Gasteiger partial charge in [-0.1, -0.05) is 0 Å². The molecule has 132 valence electrons. The number of amides is 1. The molecule has 1 N–H and O–H groups in total. The largest absolute Gasteiger partial charge is 0.336 e. The molecule has 1 amide bonds. The zero-order valence-electron chi connectivity index (χ0n) is 14.6. The Morgan fingerprint density at radius 1 is 1.38 bits per heavy atom. The van der Waals surface area contributed by atoms with Crippen molar-refractivity contribution in [3.8, 4) is 0 Å². The second-order valence-electron chi connectivity index (χ2n) is 6.96. The molecular formula is C16H25ClN6O. The third-order valence-electron chi connectivity index (χ3n) is 4.18. The Morgan fingerprint density at radius 3 is 2.71 bits per heavy atom. The van der Waals surface area contributed by atoms with Crippen LogP contribution in [0.2, 0.25) is 0 Å². The minimum atomic E-state index is -0.138. The van der Waals surface area contributed by atoms with Crippen LogP contribution >= 0.6 is 12.4 Å². The van der Waals surface area contributed by atoms with E-state index in [0.717, 1.165) is 12.4 Å². The average molecular weight is 353 g/mol. The number of halogens is 1. The predicted octanol–water partition coefficient (Wildman–Crippen LogP) is 1.58. The van der Waals surface area contributed by atoms with Gasteiger partial charge in [0.2, 0.25) is 0 Å². The minimum Gasteiger partial charge on any atom is -0.336 e. The zero-order chi connectivity index (χ0) is 16.6. The van der Waals surface area contributed by atoms with Gasteiger partial charge in [0.1, 0.15) is 11.9 Å². The summed E-state index contributed by atoms with van der Waals surface area (Å²) >= 11 is 0. The van der Waals surface area contributed by atoms with E-state index in [0.29, 0.717) is 18.7 Å². The van der Waals surface area contributed by atoms with E-state index in [1.807, 2.05) is 33.6 Å². The highest BCUT2D eigenvalue weighted by molar-refractivity contribution is 5.94. The fourth-order valence-corrected chi connectivity index (χ4v) is 2.84. The van der Waals surface area contributed by atoms with E-state index in [-0.39, 0.29) is 29.9 Å². The van der Waals surface area contributed by atoms with Gasteiger partial charge in [-0.25, -0.2) is 4.98 Å². The van der Waals surface area contributed by atoms with Gasteiger partial charge in [0.05, 0.1) is 17.3 Å². The molecule has 1 saturated heterocycles. The molecule has 1 unspecified atom stereocenters. The van der Waals surface area contributed by atoms with Gasteiger partial charge < -0.3 is 14.8 Å². The van der Waals surface area contributed by atoms with Crippen LogP contribution in [-0.2, 0) is 12.6 Å². The molecule has 2 aromatic rings. The van der Waals surface area contributed by atoms with Crippen molar-refractivity contribution in [3.05, 3.63) is 36.2 Å². The molecule has 0 radical (unpaired) electrons. The number of piperazine rings is 1. The Balaban J connectivity index is 0.00000208. The van der Waals surface area contributed by atoms with Gasteiger partial charge in [-0.15, -0.1) is 12.4 Å².